The minimum atomic E-state index is 0.893. The van der Waals surface area contributed by atoms with E-state index in [0.29, 0.717) is 0 Å². The van der Waals surface area contributed by atoms with Gasteiger partial charge in [0.1, 0.15) is 0 Å². The molecule has 0 aromatic heterocycles. The first-order valence-corrected chi connectivity index (χ1v) is 9.13. The van der Waals surface area contributed by atoms with Gasteiger partial charge in [0.25, 0.3) is 0 Å². The lowest BCUT2D eigenvalue weighted by molar-refractivity contribution is 0.166. The summed E-state index contributed by atoms with van der Waals surface area (Å²) in [5.74, 6) is 3.90. The van der Waals surface area contributed by atoms with Crippen molar-refractivity contribution in [1.82, 2.24) is 0 Å². The Morgan fingerprint density at radius 3 is 1.70 bits per heavy atom. The Labute approximate surface area is 126 Å². The molecule has 0 amide bonds. The van der Waals surface area contributed by atoms with Gasteiger partial charge in [0.05, 0.1) is 0 Å². The summed E-state index contributed by atoms with van der Waals surface area (Å²) in [4.78, 5) is 0. The van der Waals surface area contributed by atoms with Crippen LogP contribution in [-0.4, -0.2) is 0 Å². The van der Waals surface area contributed by atoms with Crippen molar-refractivity contribution in [3.05, 3.63) is 24.3 Å². The topological polar surface area (TPSA) is 0 Å². The molecule has 0 nitrogen and oxygen atoms in total. The van der Waals surface area contributed by atoms with Crippen molar-refractivity contribution in [2.24, 2.45) is 23.7 Å². The van der Waals surface area contributed by atoms with Crippen LogP contribution in [0, 0.1) is 23.7 Å². The fourth-order valence-electron chi connectivity index (χ4n) is 4.35. The lowest BCUT2D eigenvalue weighted by atomic mass is 9.69. The molecular weight excluding hydrogens is 240 g/mol. The largest absolute Gasteiger partial charge is 0.0914 e. The molecule has 2 aliphatic carbocycles. The second-order valence-electron chi connectivity index (χ2n) is 7.09. The summed E-state index contributed by atoms with van der Waals surface area (Å²) in [6, 6.07) is 0. The Morgan fingerprint density at radius 2 is 1.25 bits per heavy atom. The van der Waals surface area contributed by atoms with Crippen LogP contribution in [-0.2, 0) is 0 Å². The van der Waals surface area contributed by atoms with Crippen LogP contribution in [0.25, 0.3) is 0 Å². The highest BCUT2D eigenvalue weighted by Gasteiger charge is 2.29. The summed E-state index contributed by atoms with van der Waals surface area (Å²) in [7, 11) is 0. The van der Waals surface area contributed by atoms with Gasteiger partial charge in [0, 0.05) is 0 Å². The van der Waals surface area contributed by atoms with Crippen molar-refractivity contribution in [3.63, 3.8) is 0 Å². The van der Waals surface area contributed by atoms with Gasteiger partial charge in [-0.3, -0.25) is 0 Å². The molecule has 0 atom stereocenters. The Bertz CT molecular complexity index is 296. The van der Waals surface area contributed by atoms with E-state index in [2.05, 4.69) is 38.2 Å². The quantitative estimate of drug-likeness (QED) is 0.500. The summed E-state index contributed by atoms with van der Waals surface area (Å²) in [5, 5.41) is 0. The van der Waals surface area contributed by atoms with Gasteiger partial charge in [0.15, 0.2) is 0 Å². The lowest BCUT2D eigenvalue weighted by Crippen LogP contribution is -2.25. The Balaban J connectivity index is 1.69. The van der Waals surface area contributed by atoms with Gasteiger partial charge in [-0.25, -0.2) is 0 Å². The van der Waals surface area contributed by atoms with Crippen molar-refractivity contribution in [2.45, 2.75) is 78.1 Å². The molecule has 0 spiro atoms. The van der Waals surface area contributed by atoms with Crippen LogP contribution in [0.15, 0.2) is 24.3 Å². The van der Waals surface area contributed by atoms with Crippen molar-refractivity contribution in [2.75, 3.05) is 0 Å². The number of hydrogen-bond donors (Lipinski definition) is 0. The third-order valence-corrected chi connectivity index (χ3v) is 5.63. The number of rotatable bonds is 5. The zero-order valence-electron chi connectivity index (χ0n) is 13.7. The number of allylic oxidation sites excluding steroid dienone is 4. The van der Waals surface area contributed by atoms with Gasteiger partial charge in [0.2, 0.25) is 0 Å². The van der Waals surface area contributed by atoms with E-state index >= 15 is 0 Å². The van der Waals surface area contributed by atoms with E-state index in [-0.39, 0.29) is 0 Å². The maximum atomic E-state index is 2.52. The first kappa shape index (κ1) is 15.9. The van der Waals surface area contributed by atoms with E-state index in [1.54, 1.807) is 0 Å². The normalized spacial score (nSPS) is 35.9. The van der Waals surface area contributed by atoms with E-state index in [1.807, 2.05) is 0 Å². The maximum Gasteiger partial charge on any atom is -0.0233 e. The molecule has 0 aromatic rings. The molecule has 2 rings (SSSR count). The van der Waals surface area contributed by atoms with Crippen molar-refractivity contribution in [1.29, 1.82) is 0 Å². The SMILES string of the molecule is C/C=C/C1CCC(C2CCC(/C=C/CCC)CC2)CC1. The van der Waals surface area contributed by atoms with Gasteiger partial charge < -0.3 is 0 Å². The fourth-order valence-corrected chi connectivity index (χ4v) is 4.35. The van der Waals surface area contributed by atoms with Crippen LogP contribution >= 0.6 is 0 Å². The van der Waals surface area contributed by atoms with Gasteiger partial charge in [-0.2, -0.15) is 0 Å². The zero-order chi connectivity index (χ0) is 14.2. The average molecular weight is 274 g/mol. The van der Waals surface area contributed by atoms with Crippen LogP contribution in [0.1, 0.15) is 78.1 Å². The molecule has 0 unspecified atom stereocenters. The predicted molar refractivity (Wildman–Crippen MR) is 89.8 cm³/mol. The molecule has 2 aliphatic rings. The minimum Gasteiger partial charge on any atom is -0.0914 e. The summed E-state index contributed by atoms with van der Waals surface area (Å²) in [6.07, 6.45) is 24.0. The van der Waals surface area contributed by atoms with E-state index in [0.717, 1.165) is 23.7 Å². The fraction of sp³-hybridized carbons (Fsp3) is 0.800. The summed E-state index contributed by atoms with van der Waals surface area (Å²) in [6.45, 7) is 4.44. The van der Waals surface area contributed by atoms with Crippen LogP contribution in [0.2, 0.25) is 0 Å². The molecule has 0 saturated heterocycles. The average Bonchev–Trinajstić information content (AvgIpc) is 2.49. The van der Waals surface area contributed by atoms with E-state index in [4.69, 9.17) is 0 Å². The first-order valence-electron chi connectivity index (χ1n) is 9.13. The summed E-state index contributed by atoms with van der Waals surface area (Å²) < 4.78 is 0. The molecule has 2 saturated carbocycles. The highest BCUT2D eigenvalue weighted by atomic mass is 14.3. The summed E-state index contributed by atoms with van der Waals surface area (Å²) in [5.41, 5.74) is 0. The summed E-state index contributed by atoms with van der Waals surface area (Å²) >= 11 is 0. The van der Waals surface area contributed by atoms with Gasteiger partial charge in [-0.15, -0.1) is 0 Å². The lowest BCUT2D eigenvalue weighted by Gasteiger charge is -2.36. The van der Waals surface area contributed by atoms with Crippen LogP contribution in [0.3, 0.4) is 0 Å². The standard InChI is InChI=1S/C20H34/c1-3-5-6-8-18-11-15-20(16-12-18)19-13-9-17(7-4-2)10-14-19/h4,6-8,17-20H,3,5,9-16H2,1-2H3/b7-4+,8-6+. The number of hydrogen-bond acceptors (Lipinski definition) is 0. The van der Waals surface area contributed by atoms with E-state index < -0.39 is 0 Å². The third-order valence-electron chi connectivity index (χ3n) is 5.63. The Kier molecular flexibility index (Phi) is 6.90. The van der Waals surface area contributed by atoms with Gasteiger partial charge in [-0.1, -0.05) is 37.6 Å². The maximum absolute atomic E-state index is 2.52. The highest BCUT2D eigenvalue weighted by Crippen LogP contribution is 2.41. The highest BCUT2D eigenvalue weighted by molar-refractivity contribution is 4.94. The van der Waals surface area contributed by atoms with Crippen LogP contribution < -0.4 is 0 Å². The predicted octanol–water partition coefficient (Wildman–Crippen LogP) is 6.53. The monoisotopic (exact) mass is 274 g/mol. The van der Waals surface area contributed by atoms with Crippen LogP contribution in [0.4, 0.5) is 0 Å². The first-order chi connectivity index (χ1) is 9.83. The smallest absolute Gasteiger partial charge is 0.0233 e. The molecule has 0 bridgehead atoms. The van der Waals surface area contributed by atoms with E-state index in [1.165, 1.54) is 64.2 Å². The Morgan fingerprint density at radius 1 is 0.750 bits per heavy atom. The van der Waals surface area contributed by atoms with E-state index in [9.17, 15) is 0 Å². The molecule has 0 heteroatoms. The Hall–Kier alpha value is -0.520. The molecule has 0 aromatic carbocycles. The second-order valence-corrected chi connectivity index (χ2v) is 7.09. The molecular formula is C20H34. The second kappa shape index (κ2) is 8.70. The zero-order valence-corrected chi connectivity index (χ0v) is 13.7. The molecule has 2 fully saturated rings. The minimum absolute atomic E-state index is 0.893. The molecule has 0 radical (unpaired) electrons. The molecule has 114 valence electrons. The molecule has 0 N–H and O–H groups in total. The van der Waals surface area contributed by atoms with Crippen molar-refractivity contribution < 1.29 is 0 Å². The van der Waals surface area contributed by atoms with Gasteiger partial charge in [-0.05, 0) is 88.4 Å². The molecule has 0 heterocycles. The molecule has 0 aliphatic heterocycles. The molecule has 20 heavy (non-hydrogen) atoms. The van der Waals surface area contributed by atoms with Crippen LogP contribution in [0.5, 0.6) is 0 Å². The van der Waals surface area contributed by atoms with Crippen molar-refractivity contribution >= 4 is 0 Å². The van der Waals surface area contributed by atoms with Crippen molar-refractivity contribution in [3.8, 4) is 0 Å². The number of unbranched alkanes of at least 4 members (excludes halogenated alkanes) is 1. The third kappa shape index (κ3) is 4.79. The van der Waals surface area contributed by atoms with Gasteiger partial charge >= 0.3 is 0 Å².